The van der Waals surface area contributed by atoms with Crippen LogP contribution >= 0.6 is 0 Å². The second kappa shape index (κ2) is 5.84. The zero-order chi connectivity index (χ0) is 12.1. The summed E-state index contributed by atoms with van der Waals surface area (Å²) < 4.78 is 4.53. The molecular formula is C11H20N2O3. The first kappa shape index (κ1) is 13.0. The van der Waals surface area contributed by atoms with Gasteiger partial charge in [-0.15, -0.1) is 0 Å². The van der Waals surface area contributed by atoms with Crippen LogP contribution in [0.4, 0.5) is 0 Å². The molecule has 1 rings (SSSR count). The van der Waals surface area contributed by atoms with Crippen LogP contribution in [0.5, 0.6) is 0 Å². The van der Waals surface area contributed by atoms with Crippen LogP contribution in [-0.2, 0) is 14.3 Å². The summed E-state index contributed by atoms with van der Waals surface area (Å²) in [7, 11) is 1.34. The largest absolute Gasteiger partial charge is 0.469 e. The van der Waals surface area contributed by atoms with E-state index < -0.39 is 0 Å². The molecule has 3 atom stereocenters. The molecule has 5 nitrogen and oxygen atoms in total. The standard InChI is InChI=1S/C11H20N2O3/c1-7(5-10(14)16-2)13-11(15)8-3-4-9(12)6-8/h7-9H,3-6,12H2,1-2H3,(H,13,15). The fourth-order valence-electron chi connectivity index (χ4n) is 2.00. The molecule has 1 fully saturated rings. The van der Waals surface area contributed by atoms with Crippen LogP contribution in [0, 0.1) is 5.92 Å². The van der Waals surface area contributed by atoms with Crippen LogP contribution in [-0.4, -0.2) is 31.1 Å². The van der Waals surface area contributed by atoms with Gasteiger partial charge < -0.3 is 15.8 Å². The number of hydrogen-bond acceptors (Lipinski definition) is 4. The van der Waals surface area contributed by atoms with E-state index in [-0.39, 0.29) is 36.3 Å². The summed E-state index contributed by atoms with van der Waals surface area (Å²) in [4.78, 5) is 22.7. The van der Waals surface area contributed by atoms with Crippen molar-refractivity contribution in [3.8, 4) is 0 Å². The Labute approximate surface area is 95.7 Å². The Balaban J connectivity index is 2.30. The average Bonchev–Trinajstić information content (AvgIpc) is 2.64. The van der Waals surface area contributed by atoms with Gasteiger partial charge in [0, 0.05) is 18.0 Å². The minimum absolute atomic E-state index is 0.00403. The molecule has 0 radical (unpaired) electrons. The molecule has 0 aromatic carbocycles. The smallest absolute Gasteiger partial charge is 0.307 e. The molecule has 3 N–H and O–H groups in total. The summed E-state index contributed by atoms with van der Waals surface area (Å²) in [5.74, 6) is -0.296. The highest BCUT2D eigenvalue weighted by molar-refractivity contribution is 5.80. The quantitative estimate of drug-likeness (QED) is 0.673. The van der Waals surface area contributed by atoms with Gasteiger partial charge >= 0.3 is 5.97 Å². The van der Waals surface area contributed by atoms with Crippen LogP contribution in [0.2, 0.25) is 0 Å². The van der Waals surface area contributed by atoms with Crippen molar-refractivity contribution in [1.29, 1.82) is 0 Å². The van der Waals surface area contributed by atoms with Crippen molar-refractivity contribution in [2.45, 2.75) is 44.7 Å². The van der Waals surface area contributed by atoms with Gasteiger partial charge in [0.25, 0.3) is 0 Å². The SMILES string of the molecule is COC(=O)CC(C)NC(=O)C1CCC(N)C1. The molecule has 0 aromatic rings. The molecule has 5 heteroatoms. The third-order valence-corrected chi connectivity index (χ3v) is 2.93. The van der Waals surface area contributed by atoms with E-state index in [9.17, 15) is 9.59 Å². The number of amides is 1. The van der Waals surface area contributed by atoms with Gasteiger partial charge in [-0.3, -0.25) is 9.59 Å². The predicted molar refractivity (Wildman–Crippen MR) is 59.6 cm³/mol. The molecule has 3 unspecified atom stereocenters. The first-order valence-electron chi connectivity index (χ1n) is 5.65. The van der Waals surface area contributed by atoms with Gasteiger partial charge in [0.2, 0.25) is 5.91 Å². The lowest BCUT2D eigenvalue weighted by Gasteiger charge is -2.16. The zero-order valence-corrected chi connectivity index (χ0v) is 9.86. The Hall–Kier alpha value is -1.10. The van der Waals surface area contributed by atoms with E-state index in [4.69, 9.17) is 5.73 Å². The Morgan fingerprint density at radius 1 is 1.50 bits per heavy atom. The Bertz CT molecular complexity index is 268. The number of carbonyl (C=O) groups is 2. The maximum absolute atomic E-state index is 11.8. The maximum Gasteiger partial charge on any atom is 0.307 e. The highest BCUT2D eigenvalue weighted by Gasteiger charge is 2.28. The second-order valence-corrected chi connectivity index (χ2v) is 4.46. The molecule has 1 amide bonds. The van der Waals surface area contributed by atoms with E-state index in [1.54, 1.807) is 6.92 Å². The van der Waals surface area contributed by atoms with Gasteiger partial charge in [-0.2, -0.15) is 0 Å². The van der Waals surface area contributed by atoms with Crippen molar-refractivity contribution < 1.29 is 14.3 Å². The fourth-order valence-corrected chi connectivity index (χ4v) is 2.00. The zero-order valence-electron chi connectivity index (χ0n) is 9.86. The van der Waals surface area contributed by atoms with Gasteiger partial charge in [0.05, 0.1) is 13.5 Å². The monoisotopic (exact) mass is 228 g/mol. The molecule has 0 aliphatic heterocycles. The molecule has 1 aliphatic rings. The van der Waals surface area contributed by atoms with E-state index in [1.807, 2.05) is 0 Å². The van der Waals surface area contributed by atoms with Crippen molar-refractivity contribution >= 4 is 11.9 Å². The summed E-state index contributed by atoms with van der Waals surface area (Å²) in [6.45, 7) is 1.80. The second-order valence-electron chi connectivity index (χ2n) is 4.46. The fraction of sp³-hybridized carbons (Fsp3) is 0.818. The van der Waals surface area contributed by atoms with Crippen LogP contribution < -0.4 is 11.1 Å². The molecule has 0 heterocycles. The normalized spacial score (nSPS) is 26.2. The van der Waals surface area contributed by atoms with E-state index in [0.29, 0.717) is 0 Å². The minimum Gasteiger partial charge on any atom is -0.469 e. The highest BCUT2D eigenvalue weighted by Crippen LogP contribution is 2.24. The summed E-state index contributed by atoms with van der Waals surface area (Å²) >= 11 is 0. The molecule has 0 spiro atoms. The summed E-state index contributed by atoms with van der Waals surface area (Å²) in [5.41, 5.74) is 5.74. The Morgan fingerprint density at radius 3 is 2.69 bits per heavy atom. The van der Waals surface area contributed by atoms with Gasteiger partial charge in [0.1, 0.15) is 0 Å². The van der Waals surface area contributed by atoms with Gasteiger partial charge in [-0.05, 0) is 26.2 Å². The van der Waals surface area contributed by atoms with E-state index in [2.05, 4.69) is 10.1 Å². The highest BCUT2D eigenvalue weighted by atomic mass is 16.5. The summed E-state index contributed by atoms with van der Waals surface area (Å²) in [6, 6.07) is -0.0385. The van der Waals surface area contributed by atoms with E-state index in [1.165, 1.54) is 7.11 Å². The number of esters is 1. The molecule has 92 valence electrons. The lowest BCUT2D eigenvalue weighted by atomic mass is 10.1. The number of methoxy groups -OCH3 is 1. The number of nitrogens with one attached hydrogen (secondary N) is 1. The van der Waals surface area contributed by atoms with Crippen molar-refractivity contribution in [3.05, 3.63) is 0 Å². The topological polar surface area (TPSA) is 81.4 Å². The van der Waals surface area contributed by atoms with Gasteiger partial charge in [0.15, 0.2) is 0 Å². The lowest BCUT2D eigenvalue weighted by Crippen LogP contribution is -2.38. The third-order valence-electron chi connectivity index (χ3n) is 2.93. The molecular weight excluding hydrogens is 208 g/mol. The first-order chi connectivity index (χ1) is 7.52. The predicted octanol–water partition coefficient (Wildman–Crippen LogP) is 0.182. The molecule has 0 saturated heterocycles. The Morgan fingerprint density at radius 2 is 2.19 bits per heavy atom. The van der Waals surface area contributed by atoms with Crippen molar-refractivity contribution in [2.24, 2.45) is 11.7 Å². The summed E-state index contributed by atoms with van der Waals surface area (Å²) in [6.07, 6.45) is 2.71. The minimum atomic E-state index is -0.309. The van der Waals surface area contributed by atoms with Crippen molar-refractivity contribution in [1.82, 2.24) is 5.32 Å². The van der Waals surface area contributed by atoms with Crippen LogP contribution in [0.15, 0.2) is 0 Å². The number of ether oxygens (including phenoxy) is 1. The van der Waals surface area contributed by atoms with Crippen LogP contribution in [0.3, 0.4) is 0 Å². The van der Waals surface area contributed by atoms with E-state index in [0.717, 1.165) is 19.3 Å². The Kier molecular flexibility index (Phi) is 4.73. The molecule has 0 bridgehead atoms. The van der Waals surface area contributed by atoms with E-state index >= 15 is 0 Å². The lowest BCUT2D eigenvalue weighted by molar-refractivity contribution is -0.141. The van der Waals surface area contributed by atoms with Gasteiger partial charge in [-0.25, -0.2) is 0 Å². The van der Waals surface area contributed by atoms with Gasteiger partial charge in [-0.1, -0.05) is 0 Å². The first-order valence-corrected chi connectivity index (χ1v) is 5.65. The maximum atomic E-state index is 11.8. The number of hydrogen-bond donors (Lipinski definition) is 2. The number of rotatable bonds is 4. The average molecular weight is 228 g/mol. The van der Waals surface area contributed by atoms with Crippen molar-refractivity contribution in [3.63, 3.8) is 0 Å². The van der Waals surface area contributed by atoms with Crippen molar-refractivity contribution in [2.75, 3.05) is 7.11 Å². The molecule has 1 aliphatic carbocycles. The number of carbonyl (C=O) groups excluding carboxylic acids is 2. The van der Waals surface area contributed by atoms with Crippen LogP contribution in [0.1, 0.15) is 32.6 Å². The molecule has 0 aromatic heterocycles. The van der Waals surface area contributed by atoms with Crippen LogP contribution in [0.25, 0.3) is 0 Å². The number of nitrogens with two attached hydrogens (primary N) is 1. The third kappa shape index (κ3) is 3.81. The molecule has 1 saturated carbocycles. The molecule has 16 heavy (non-hydrogen) atoms. The summed E-state index contributed by atoms with van der Waals surface area (Å²) in [5, 5.41) is 2.81.